The molecule has 1 atom stereocenters. The normalized spacial score (nSPS) is 20.1. The summed E-state index contributed by atoms with van der Waals surface area (Å²) >= 11 is 0. The molecule has 2 aliphatic rings. The molecular formula is C21H24N4O3. The summed E-state index contributed by atoms with van der Waals surface area (Å²) in [4.78, 5) is 37.4. The second kappa shape index (κ2) is 8.48. The number of ether oxygens (including phenoxy) is 1. The third-order valence-electron chi connectivity index (χ3n) is 5.06. The van der Waals surface area contributed by atoms with Crippen molar-refractivity contribution in [2.75, 3.05) is 26.2 Å². The van der Waals surface area contributed by atoms with Crippen LogP contribution in [0.3, 0.4) is 0 Å². The van der Waals surface area contributed by atoms with E-state index < -0.39 is 0 Å². The molecule has 7 heteroatoms. The van der Waals surface area contributed by atoms with Gasteiger partial charge in [0, 0.05) is 44.8 Å². The van der Waals surface area contributed by atoms with Crippen LogP contribution in [0.15, 0.2) is 48.9 Å². The number of amides is 2. The molecule has 146 valence electrons. The lowest BCUT2D eigenvalue weighted by molar-refractivity contribution is -0.132. The van der Waals surface area contributed by atoms with Crippen LogP contribution < -0.4 is 0 Å². The van der Waals surface area contributed by atoms with Crippen molar-refractivity contribution in [3.63, 3.8) is 0 Å². The number of hydrogen-bond acceptors (Lipinski definition) is 5. The van der Waals surface area contributed by atoms with E-state index in [0.29, 0.717) is 37.9 Å². The van der Waals surface area contributed by atoms with Gasteiger partial charge in [-0.25, -0.2) is 0 Å². The van der Waals surface area contributed by atoms with Crippen molar-refractivity contribution in [1.82, 2.24) is 19.8 Å². The lowest BCUT2D eigenvalue weighted by atomic mass is 10.2. The molecule has 3 heterocycles. The summed E-state index contributed by atoms with van der Waals surface area (Å²) in [6.45, 7) is 2.02. The topological polar surface area (TPSA) is 75.6 Å². The van der Waals surface area contributed by atoms with Crippen LogP contribution in [0.5, 0.6) is 0 Å². The molecule has 28 heavy (non-hydrogen) atoms. The predicted octanol–water partition coefficient (Wildman–Crippen LogP) is 1.76. The molecule has 2 fully saturated rings. The van der Waals surface area contributed by atoms with Gasteiger partial charge in [-0.2, -0.15) is 0 Å². The van der Waals surface area contributed by atoms with E-state index >= 15 is 0 Å². The third kappa shape index (κ3) is 4.72. The lowest BCUT2D eigenvalue weighted by Crippen LogP contribution is -2.40. The van der Waals surface area contributed by atoms with Gasteiger partial charge >= 0.3 is 0 Å². The summed E-state index contributed by atoms with van der Waals surface area (Å²) in [6, 6.07) is 9.01. The SMILES string of the molecule is O=C1CN(C(=O)c2ccccn2)CC(OCC2CC2)CN1Cc1cccnc1. The summed E-state index contributed by atoms with van der Waals surface area (Å²) < 4.78 is 6.10. The molecule has 1 aliphatic carbocycles. The Hall–Kier alpha value is -2.80. The first-order valence-electron chi connectivity index (χ1n) is 9.67. The molecule has 1 saturated heterocycles. The van der Waals surface area contributed by atoms with Gasteiger partial charge in [0.05, 0.1) is 6.10 Å². The number of hydrogen-bond donors (Lipinski definition) is 0. The molecule has 0 N–H and O–H groups in total. The molecule has 1 saturated carbocycles. The average Bonchev–Trinajstić information content (AvgIpc) is 3.56. The van der Waals surface area contributed by atoms with Gasteiger partial charge in [0.1, 0.15) is 12.2 Å². The number of carbonyl (C=O) groups is 2. The van der Waals surface area contributed by atoms with E-state index in [2.05, 4.69) is 9.97 Å². The Kier molecular flexibility index (Phi) is 5.62. The second-order valence-electron chi connectivity index (χ2n) is 7.43. The highest BCUT2D eigenvalue weighted by Gasteiger charge is 2.33. The van der Waals surface area contributed by atoms with Crippen LogP contribution in [0.25, 0.3) is 0 Å². The van der Waals surface area contributed by atoms with Crippen LogP contribution in [0, 0.1) is 5.92 Å². The molecule has 0 radical (unpaired) electrons. The number of rotatable bonds is 6. The maximum absolute atomic E-state index is 12.9. The standard InChI is InChI=1S/C21H24N4O3/c26-20-14-25(21(27)19-5-1-2-9-23-19)13-18(28-15-16-6-7-16)12-24(20)11-17-4-3-8-22-10-17/h1-5,8-10,16,18H,6-7,11-15H2. The zero-order chi connectivity index (χ0) is 19.3. The van der Waals surface area contributed by atoms with Crippen molar-refractivity contribution in [2.45, 2.75) is 25.5 Å². The first-order chi connectivity index (χ1) is 13.7. The average molecular weight is 380 g/mol. The molecule has 2 amide bonds. The number of carbonyl (C=O) groups excluding carboxylic acids is 2. The van der Waals surface area contributed by atoms with Gasteiger partial charge in [-0.05, 0) is 42.5 Å². The zero-order valence-corrected chi connectivity index (χ0v) is 15.7. The van der Waals surface area contributed by atoms with Gasteiger partial charge in [-0.3, -0.25) is 19.6 Å². The maximum atomic E-state index is 12.9. The van der Waals surface area contributed by atoms with Gasteiger partial charge in [0.2, 0.25) is 5.91 Å². The number of nitrogens with zero attached hydrogens (tertiary/aromatic N) is 4. The second-order valence-corrected chi connectivity index (χ2v) is 7.43. The monoisotopic (exact) mass is 380 g/mol. The Morgan fingerprint density at radius 1 is 1.14 bits per heavy atom. The number of pyridine rings is 2. The minimum Gasteiger partial charge on any atom is -0.374 e. The smallest absolute Gasteiger partial charge is 0.273 e. The van der Waals surface area contributed by atoms with Gasteiger partial charge in [0.15, 0.2) is 0 Å². The van der Waals surface area contributed by atoms with E-state index in [1.165, 1.54) is 12.8 Å². The van der Waals surface area contributed by atoms with Crippen molar-refractivity contribution < 1.29 is 14.3 Å². The molecule has 0 aromatic carbocycles. The summed E-state index contributed by atoms with van der Waals surface area (Å²) in [7, 11) is 0. The molecular weight excluding hydrogens is 356 g/mol. The lowest BCUT2D eigenvalue weighted by Gasteiger charge is -2.24. The highest BCUT2D eigenvalue weighted by Crippen LogP contribution is 2.29. The molecule has 4 rings (SSSR count). The van der Waals surface area contributed by atoms with Crippen molar-refractivity contribution in [1.29, 1.82) is 0 Å². The Morgan fingerprint density at radius 2 is 2.04 bits per heavy atom. The highest BCUT2D eigenvalue weighted by atomic mass is 16.5. The van der Waals surface area contributed by atoms with Crippen LogP contribution in [0.4, 0.5) is 0 Å². The van der Waals surface area contributed by atoms with Crippen LogP contribution in [-0.2, 0) is 16.1 Å². The molecule has 7 nitrogen and oxygen atoms in total. The third-order valence-corrected chi connectivity index (χ3v) is 5.06. The van der Waals surface area contributed by atoms with Crippen molar-refractivity contribution in [3.05, 3.63) is 60.2 Å². The van der Waals surface area contributed by atoms with E-state index in [9.17, 15) is 9.59 Å². The van der Waals surface area contributed by atoms with Gasteiger partial charge < -0.3 is 14.5 Å². The predicted molar refractivity (Wildman–Crippen MR) is 102 cm³/mol. The molecule has 2 aromatic rings. The summed E-state index contributed by atoms with van der Waals surface area (Å²) in [6.07, 6.45) is 7.24. The highest BCUT2D eigenvalue weighted by molar-refractivity contribution is 5.95. The van der Waals surface area contributed by atoms with Crippen molar-refractivity contribution in [2.24, 2.45) is 5.92 Å². The molecule has 0 spiro atoms. The van der Waals surface area contributed by atoms with Crippen LogP contribution in [0.2, 0.25) is 0 Å². The summed E-state index contributed by atoms with van der Waals surface area (Å²) in [5.74, 6) is 0.286. The molecule has 1 unspecified atom stereocenters. The van der Waals surface area contributed by atoms with E-state index in [1.807, 2.05) is 12.1 Å². The van der Waals surface area contributed by atoms with E-state index in [-0.39, 0.29) is 24.5 Å². The van der Waals surface area contributed by atoms with E-state index in [1.54, 1.807) is 46.6 Å². The minimum absolute atomic E-state index is 0.0267. The minimum atomic E-state index is -0.239. The maximum Gasteiger partial charge on any atom is 0.273 e. The van der Waals surface area contributed by atoms with Crippen LogP contribution in [0.1, 0.15) is 28.9 Å². The Balaban J connectivity index is 1.51. The summed E-state index contributed by atoms with van der Waals surface area (Å²) in [5, 5.41) is 0. The Morgan fingerprint density at radius 3 is 2.75 bits per heavy atom. The van der Waals surface area contributed by atoms with Gasteiger partial charge in [-0.1, -0.05) is 12.1 Å². The summed E-state index contributed by atoms with van der Waals surface area (Å²) in [5.41, 5.74) is 1.30. The van der Waals surface area contributed by atoms with Crippen molar-refractivity contribution in [3.8, 4) is 0 Å². The molecule has 2 aromatic heterocycles. The van der Waals surface area contributed by atoms with Crippen LogP contribution in [-0.4, -0.2) is 63.9 Å². The quantitative estimate of drug-likeness (QED) is 0.763. The number of aromatic nitrogens is 2. The van der Waals surface area contributed by atoms with Gasteiger partial charge in [0.25, 0.3) is 5.91 Å². The Bertz CT molecular complexity index is 811. The fourth-order valence-electron chi connectivity index (χ4n) is 3.31. The fraction of sp³-hybridized carbons (Fsp3) is 0.429. The van der Waals surface area contributed by atoms with E-state index in [0.717, 1.165) is 5.56 Å². The molecule has 0 bridgehead atoms. The first-order valence-corrected chi connectivity index (χ1v) is 9.67. The van der Waals surface area contributed by atoms with Crippen LogP contribution >= 0.6 is 0 Å². The van der Waals surface area contributed by atoms with Crippen molar-refractivity contribution >= 4 is 11.8 Å². The zero-order valence-electron chi connectivity index (χ0n) is 15.7. The first kappa shape index (κ1) is 18.6. The fourth-order valence-corrected chi connectivity index (χ4v) is 3.31. The van der Waals surface area contributed by atoms with E-state index in [4.69, 9.17) is 4.74 Å². The Labute approximate surface area is 164 Å². The molecule has 1 aliphatic heterocycles. The van der Waals surface area contributed by atoms with Gasteiger partial charge in [-0.15, -0.1) is 0 Å². The largest absolute Gasteiger partial charge is 0.374 e.